The number of rotatable bonds is 3. The molecule has 20 heavy (non-hydrogen) atoms. The van der Waals surface area contributed by atoms with Crippen LogP contribution in [0, 0.1) is 5.41 Å². The molecule has 108 valence electrons. The molecule has 0 aromatic heterocycles. The van der Waals surface area contributed by atoms with Crippen molar-refractivity contribution in [2.75, 3.05) is 31.6 Å². The van der Waals surface area contributed by atoms with Gasteiger partial charge in [-0.05, 0) is 48.4 Å². The van der Waals surface area contributed by atoms with Gasteiger partial charge in [0.25, 0.3) is 5.91 Å². The van der Waals surface area contributed by atoms with Crippen LogP contribution in [0.2, 0.25) is 0 Å². The molecule has 4 heteroatoms. The maximum Gasteiger partial charge on any atom is 0.251 e. The standard InChI is InChI=1S/C16H22N2O2/c1-16(5-8-20-9-6-16)11-18-15(19)13-2-3-14-12(10-13)4-7-17-14/h2-3,10,17H,4-9,11H2,1H3,(H,18,19). The largest absolute Gasteiger partial charge is 0.384 e. The Morgan fingerprint density at radius 2 is 2.20 bits per heavy atom. The normalized spacial score (nSPS) is 20.1. The molecule has 0 saturated carbocycles. The van der Waals surface area contributed by atoms with Crippen LogP contribution in [0.25, 0.3) is 0 Å². The van der Waals surface area contributed by atoms with Crippen LogP contribution in [0.15, 0.2) is 18.2 Å². The fourth-order valence-corrected chi connectivity index (χ4v) is 2.88. The smallest absolute Gasteiger partial charge is 0.251 e. The van der Waals surface area contributed by atoms with Crippen molar-refractivity contribution in [2.24, 2.45) is 5.41 Å². The summed E-state index contributed by atoms with van der Waals surface area (Å²) in [7, 11) is 0. The van der Waals surface area contributed by atoms with E-state index in [0.29, 0.717) is 0 Å². The van der Waals surface area contributed by atoms with E-state index in [1.807, 2.05) is 18.2 Å². The van der Waals surface area contributed by atoms with Crippen LogP contribution in [0.5, 0.6) is 0 Å². The topological polar surface area (TPSA) is 50.4 Å². The molecule has 1 amide bonds. The van der Waals surface area contributed by atoms with Gasteiger partial charge in [-0.25, -0.2) is 0 Å². The summed E-state index contributed by atoms with van der Waals surface area (Å²) < 4.78 is 5.39. The van der Waals surface area contributed by atoms with Crippen LogP contribution in [0.4, 0.5) is 5.69 Å². The van der Waals surface area contributed by atoms with Gasteiger partial charge in [-0.15, -0.1) is 0 Å². The SMILES string of the molecule is CC1(CNC(=O)c2ccc3c(c2)CCN3)CCOCC1. The number of anilines is 1. The van der Waals surface area contributed by atoms with Gasteiger partial charge in [0.05, 0.1) is 0 Å². The van der Waals surface area contributed by atoms with Crippen LogP contribution in [0.3, 0.4) is 0 Å². The van der Waals surface area contributed by atoms with E-state index in [0.717, 1.165) is 56.8 Å². The van der Waals surface area contributed by atoms with E-state index in [9.17, 15) is 4.79 Å². The Morgan fingerprint density at radius 1 is 1.40 bits per heavy atom. The summed E-state index contributed by atoms with van der Waals surface area (Å²) in [4.78, 5) is 12.3. The average molecular weight is 274 g/mol. The molecule has 1 fully saturated rings. The van der Waals surface area contributed by atoms with Crippen molar-refractivity contribution in [3.8, 4) is 0 Å². The Morgan fingerprint density at radius 3 is 3.00 bits per heavy atom. The minimum atomic E-state index is 0.0346. The molecule has 2 aliphatic rings. The minimum Gasteiger partial charge on any atom is -0.384 e. The molecule has 1 saturated heterocycles. The highest BCUT2D eigenvalue weighted by Gasteiger charge is 2.28. The third-order valence-corrected chi connectivity index (χ3v) is 4.45. The van der Waals surface area contributed by atoms with E-state index >= 15 is 0 Å². The predicted molar refractivity (Wildman–Crippen MR) is 79.1 cm³/mol. The fourth-order valence-electron chi connectivity index (χ4n) is 2.88. The van der Waals surface area contributed by atoms with Gasteiger partial charge in [0.2, 0.25) is 0 Å². The zero-order valence-electron chi connectivity index (χ0n) is 12.0. The molecule has 0 spiro atoms. The maximum absolute atomic E-state index is 12.3. The number of hydrogen-bond donors (Lipinski definition) is 2. The van der Waals surface area contributed by atoms with E-state index in [2.05, 4.69) is 17.6 Å². The summed E-state index contributed by atoms with van der Waals surface area (Å²) in [6.45, 7) is 5.53. The van der Waals surface area contributed by atoms with E-state index in [1.165, 1.54) is 5.56 Å². The molecule has 4 nitrogen and oxygen atoms in total. The fraction of sp³-hybridized carbons (Fsp3) is 0.562. The van der Waals surface area contributed by atoms with Crippen molar-refractivity contribution in [3.05, 3.63) is 29.3 Å². The van der Waals surface area contributed by atoms with E-state index < -0.39 is 0 Å². The summed E-state index contributed by atoms with van der Waals surface area (Å²) in [5.41, 5.74) is 3.35. The van der Waals surface area contributed by atoms with Gasteiger partial charge in [0.15, 0.2) is 0 Å². The number of fused-ring (bicyclic) bond motifs is 1. The Balaban J connectivity index is 1.61. The van der Waals surface area contributed by atoms with Crippen LogP contribution in [0.1, 0.15) is 35.7 Å². The Bertz CT molecular complexity index is 507. The number of hydrogen-bond acceptors (Lipinski definition) is 3. The minimum absolute atomic E-state index is 0.0346. The zero-order chi connectivity index (χ0) is 14.0. The van der Waals surface area contributed by atoms with Gasteiger partial charge in [0.1, 0.15) is 0 Å². The summed E-state index contributed by atoms with van der Waals surface area (Å²) >= 11 is 0. The number of nitrogens with one attached hydrogen (secondary N) is 2. The number of carbonyl (C=O) groups is 1. The maximum atomic E-state index is 12.3. The molecule has 1 aromatic rings. The molecule has 0 aliphatic carbocycles. The number of benzene rings is 1. The highest BCUT2D eigenvalue weighted by atomic mass is 16.5. The monoisotopic (exact) mass is 274 g/mol. The highest BCUT2D eigenvalue weighted by molar-refractivity contribution is 5.95. The van der Waals surface area contributed by atoms with Crippen molar-refractivity contribution in [1.82, 2.24) is 5.32 Å². The van der Waals surface area contributed by atoms with Crippen molar-refractivity contribution in [1.29, 1.82) is 0 Å². The zero-order valence-corrected chi connectivity index (χ0v) is 12.0. The Kier molecular flexibility index (Phi) is 3.66. The van der Waals surface area contributed by atoms with Crippen LogP contribution >= 0.6 is 0 Å². The molecule has 2 heterocycles. The van der Waals surface area contributed by atoms with E-state index in [4.69, 9.17) is 4.74 Å². The molecule has 0 radical (unpaired) electrons. The second kappa shape index (κ2) is 5.44. The quantitative estimate of drug-likeness (QED) is 0.888. The van der Waals surface area contributed by atoms with Crippen molar-refractivity contribution in [3.63, 3.8) is 0 Å². The molecule has 0 bridgehead atoms. The number of amides is 1. The molecule has 3 rings (SSSR count). The first kappa shape index (κ1) is 13.4. The average Bonchev–Trinajstić information content (AvgIpc) is 2.93. The third-order valence-electron chi connectivity index (χ3n) is 4.45. The second-order valence-corrected chi connectivity index (χ2v) is 6.15. The van der Waals surface area contributed by atoms with Crippen LogP contribution < -0.4 is 10.6 Å². The lowest BCUT2D eigenvalue weighted by molar-refractivity contribution is 0.0238. The summed E-state index contributed by atoms with van der Waals surface area (Å²) in [5.74, 6) is 0.0346. The molecule has 2 N–H and O–H groups in total. The highest BCUT2D eigenvalue weighted by Crippen LogP contribution is 2.29. The van der Waals surface area contributed by atoms with Crippen molar-refractivity contribution < 1.29 is 9.53 Å². The van der Waals surface area contributed by atoms with Crippen LogP contribution in [-0.2, 0) is 11.2 Å². The summed E-state index contributed by atoms with van der Waals surface area (Å²) in [6, 6.07) is 5.92. The van der Waals surface area contributed by atoms with Crippen molar-refractivity contribution >= 4 is 11.6 Å². The summed E-state index contributed by atoms with van der Waals surface area (Å²) in [6.07, 6.45) is 3.04. The Hall–Kier alpha value is -1.55. The predicted octanol–water partition coefficient (Wildman–Crippen LogP) is 2.20. The number of carbonyl (C=O) groups excluding carboxylic acids is 1. The number of ether oxygens (including phenoxy) is 1. The Labute approximate surface area is 119 Å². The first-order chi connectivity index (χ1) is 9.66. The van der Waals surface area contributed by atoms with Gasteiger partial charge in [-0.1, -0.05) is 6.92 Å². The summed E-state index contributed by atoms with van der Waals surface area (Å²) in [5, 5.41) is 6.40. The molecular weight excluding hydrogens is 252 g/mol. The van der Waals surface area contributed by atoms with Gasteiger partial charge in [0, 0.05) is 37.6 Å². The van der Waals surface area contributed by atoms with E-state index in [1.54, 1.807) is 0 Å². The van der Waals surface area contributed by atoms with Gasteiger partial charge in [-0.2, -0.15) is 0 Å². The molecule has 0 atom stereocenters. The first-order valence-electron chi connectivity index (χ1n) is 7.39. The lowest BCUT2D eigenvalue weighted by atomic mass is 9.82. The first-order valence-corrected chi connectivity index (χ1v) is 7.39. The second-order valence-electron chi connectivity index (χ2n) is 6.15. The molecule has 1 aromatic carbocycles. The van der Waals surface area contributed by atoms with Gasteiger partial charge >= 0.3 is 0 Å². The van der Waals surface area contributed by atoms with E-state index in [-0.39, 0.29) is 11.3 Å². The van der Waals surface area contributed by atoms with Crippen molar-refractivity contribution in [2.45, 2.75) is 26.2 Å². The van der Waals surface area contributed by atoms with Gasteiger partial charge in [-0.3, -0.25) is 4.79 Å². The van der Waals surface area contributed by atoms with Crippen LogP contribution in [-0.4, -0.2) is 32.2 Å². The van der Waals surface area contributed by atoms with Gasteiger partial charge < -0.3 is 15.4 Å². The lowest BCUT2D eigenvalue weighted by Gasteiger charge is -2.33. The lowest BCUT2D eigenvalue weighted by Crippen LogP contribution is -2.39. The third kappa shape index (κ3) is 2.80. The molecule has 0 unspecified atom stereocenters. The molecular formula is C16H22N2O2. The molecule has 2 aliphatic heterocycles.